The van der Waals surface area contributed by atoms with Crippen LogP contribution in [0.4, 0.5) is 5.82 Å². The van der Waals surface area contributed by atoms with Gasteiger partial charge in [-0.1, -0.05) is 36.4 Å². The Balaban J connectivity index is 1.65. The van der Waals surface area contributed by atoms with Gasteiger partial charge in [0.25, 0.3) is 0 Å². The number of carbonyl (C=O) groups excluding carboxylic acids is 2. The predicted octanol–water partition coefficient (Wildman–Crippen LogP) is 4.58. The van der Waals surface area contributed by atoms with Gasteiger partial charge in [-0.3, -0.25) is 14.0 Å². The van der Waals surface area contributed by atoms with E-state index in [2.05, 4.69) is 10.6 Å². The number of pyridine rings is 1. The fourth-order valence-corrected chi connectivity index (χ4v) is 4.12. The minimum Gasteiger partial charge on any atom is -0.349 e. The summed E-state index contributed by atoms with van der Waals surface area (Å²) in [5.41, 5.74) is 3.49. The topological polar surface area (TPSA) is 75.5 Å². The lowest BCUT2D eigenvalue weighted by Gasteiger charge is -2.18. The number of nitrogens with one attached hydrogen (secondary N) is 2. The number of imidazole rings is 1. The molecule has 1 aromatic carbocycles. The van der Waals surface area contributed by atoms with Crippen molar-refractivity contribution in [2.24, 2.45) is 0 Å². The van der Waals surface area contributed by atoms with E-state index in [9.17, 15) is 9.59 Å². The van der Waals surface area contributed by atoms with E-state index < -0.39 is 6.04 Å². The molecular weight excluding hydrogens is 396 g/mol. The maximum atomic E-state index is 13.0. The van der Waals surface area contributed by atoms with Crippen LogP contribution in [0.1, 0.15) is 30.5 Å². The van der Waals surface area contributed by atoms with Crippen molar-refractivity contribution < 1.29 is 9.59 Å². The number of fused-ring (bicyclic) bond motifs is 1. The van der Waals surface area contributed by atoms with Gasteiger partial charge in [-0.2, -0.15) is 0 Å². The molecule has 4 aromatic rings. The van der Waals surface area contributed by atoms with Gasteiger partial charge >= 0.3 is 0 Å². The van der Waals surface area contributed by atoms with Crippen LogP contribution in [0.2, 0.25) is 0 Å². The molecule has 2 amide bonds. The van der Waals surface area contributed by atoms with Gasteiger partial charge in [-0.15, -0.1) is 11.3 Å². The largest absolute Gasteiger partial charge is 0.349 e. The molecule has 0 radical (unpaired) electrons. The van der Waals surface area contributed by atoms with Gasteiger partial charge < -0.3 is 10.6 Å². The summed E-state index contributed by atoms with van der Waals surface area (Å²) in [5, 5.41) is 7.89. The second-order valence-corrected chi connectivity index (χ2v) is 8.08. The van der Waals surface area contributed by atoms with E-state index in [0.717, 1.165) is 27.3 Å². The molecule has 6 nitrogen and oxygen atoms in total. The number of hydrogen-bond donors (Lipinski definition) is 2. The Morgan fingerprint density at radius 2 is 1.93 bits per heavy atom. The van der Waals surface area contributed by atoms with Crippen molar-refractivity contribution in [1.29, 1.82) is 0 Å². The van der Waals surface area contributed by atoms with Crippen LogP contribution in [0.3, 0.4) is 0 Å². The van der Waals surface area contributed by atoms with Crippen LogP contribution >= 0.6 is 11.3 Å². The Labute approximate surface area is 178 Å². The molecule has 0 spiro atoms. The average Bonchev–Trinajstić information content (AvgIpc) is 3.36. The van der Waals surface area contributed by atoms with Gasteiger partial charge in [0.1, 0.15) is 17.2 Å². The number of anilines is 1. The molecule has 0 aliphatic heterocycles. The van der Waals surface area contributed by atoms with Gasteiger partial charge in [-0.05, 0) is 41.6 Å². The molecule has 0 aliphatic carbocycles. The number of aromatic nitrogens is 2. The molecule has 1 unspecified atom stereocenters. The highest BCUT2D eigenvalue weighted by Gasteiger charge is 2.21. The summed E-state index contributed by atoms with van der Waals surface area (Å²) in [7, 11) is 0. The Hall–Kier alpha value is -3.45. The molecule has 4 rings (SSSR count). The van der Waals surface area contributed by atoms with E-state index in [1.165, 1.54) is 6.92 Å². The Morgan fingerprint density at radius 1 is 1.13 bits per heavy atom. The quantitative estimate of drug-likeness (QED) is 0.481. The van der Waals surface area contributed by atoms with Gasteiger partial charge in [0, 0.05) is 13.1 Å². The van der Waals surface area contributed by atoms with Crippen LogP contribution in [0.5, 0.6) is 0 Å². The molecule has 3 heterocycles. The summed E-state index contributed by atoms with van der Waals surface area (Å²) in [5.74, 6) is 0.256. The van der Waals surface area contributed by atoms with Gasteiger partial charge in [0.05, 0.1) is 17.3 Å². The fraction of sp³-hybridized carbons (Fsp3) is 0.174. The lowest BCUT2D eigenvalue weighted by atomic mass is 10.0. The van der Waals surface area contributed by atoms with Crippen LogP contribution in [-0.4, -0.2) is 21.2 Å². The third-order valence-electron chi connectivity index (χ3n) is 4.76. The Kier molecular flexibility index (Phi) is 5.63. The first-order chi connectivity index (χ1) is 14.5. The standard InChI is InChI=1S/C23H22N4O2S/c1-15-10-11-27-20(13-15)25-22(19-9-6-12-30-19)23(27)26-21(29)14-18(24-16(2)28)17-7-4-3-5-8-17/h3-13,18H,14H2,1-2H3,(H,24,28)(H,26,29). The first kappa shape index (κ1) is 19.8. The summed E-state index contributed by atoms with van der Waals surface area (Å²) in [4.78, 5) is 30.4. The fourth-order valence-electron chi connectivity index (χ4n) is 3.40. The lowest BCUT2D eigenvalue weighted by Crippen LogP contribution is -2.30. The van der Waals surface area contributed by atoms with Crippen LogP contribution in [-0.2, 0) is 9.59 Å². The van der Waals surface area contributed by atoms with Crippen molar-refractivity contribution in [3.8, 4) is 10.6 Å². The molecule has 0 saturated heterocycles. The lowest BCUT2D eigenvalue weighted by molar-refractivity contribution is -0.120. The monoisotopic (exact) mass is 418 g/mol. The molecule has 3 aromatic heterocycles. The summed E-state index contributed by atoms with van der Waals surface area (Å²) in [6.45, 7) is 3.46. The van der Waals surface area contributed by atoms with Crippen molar-refractivity contribution >= 4 is 34.6 Å². The molecule has 30 heavy (non-hydrogen) atoms. The molecule has 7 heteroatoms. The smallest absolute Gasteiger partial charge is 0.227 e. The summed E-state index contributed by atoms with van der Waals surface area (Å²) >= 11 is 1.57. The number of benzene rings is 1. The summed E-state index contributed by atoms with van der Waals surface area (Å²) < 4.78 is 1.88. The number of carbonyl (C=O) groups is 2. The van der Waals surface area contributed by atoms with E-state index >= 15 is 0 Å². The maximum absolute atomic E-state index is 13.0. The first-order valence-corrected chi connectivity index (χ1v) is 10.5. The van der Waals surface area contributed by atoms with Crippen molar-refractivity contribution in [2.45, 2.75) is 26.3 Å². The van der Waals surface area contributed by atoms with Crippen molar-refractivity contribution in [2.75, 3.05) is 5.32 Å². The number of aryl methyl sites for hydroxylation is 1. The number of thiophene rings is 1. The zero-order chi connectivity index (χ0) is 21.1. The van der Waals surface area contributed by atoms with Crippen LogP contribution < -0.4 is 10.6 Å². The number of amides is 2. The van der Waals surface area contributed by atoms with E-state index in [-0.39, 0.29) is 18.2 Å². The highest BCUT2D eigenvalue weighted by atomic mass is 32.1. The molecule has 0 aliphatic rings. The number of nitrogens with zero attached hydrogens (tertiary/aromatic N) is 2. The van der Waals surface area contributed by atoms with Crippen molar-refractivity contribution in [3.05, 3.63) is 77.3 Å². The number of rotatable bonds is 6. The van der Waals surface area contributed by atoms with Crippen LogP contribution in [0.25, 0.3) is 16.2 Å². The first-order valence-electron chi connectivity index (χ1n) is 9.66. The zero-order valence-corrected chi connectivity index (χ0v) is 17.6. The molecule has 0 saturated carbocycles. The highest BCUT2D eigenvalue weighted by Crippen LogP contribution is 2.32. The molecule has 2 N–H and O–H groups in total. The third-order valence-corrected chi connectivity index (χ3v) is 5.64. The van der Waals surface area contributed by atoms with E-state index in [1.54, 1.807) is 11.3 Å². The minimum atomic E-state index is -0.407. The molecule has 0 fully saturated rings. The normalized spacial score (nSPS) is 11.9. The van der Waals surface area contributed by atoms with Gasteiger partial charge in [0.15, 0.2) is 0 Å². The van der Waals surface area contributed by atoms with Crippen LogP contribution in [0, 0.1) is 6.92 Å². The third kappa shape index (κ3) is 4.26. The van der Waals surface area contributed by atoms with E-state index in [1.807, 2.05) is 77.5 Å². The van der Waals surface area contributed by atoms with E-state index in [4.69, 9.17) is 4.98 Å². The predicted molar refractivity (Wildman–Crippen MR) is 119 cm³/mol. The number of hydrogen-bond acceptors (Lipinski definition) is 4. The van der Waals surface area contributed by atoms with Crippen LogP contribution in [0.15, 0.2) is 66.2 Å². The van der Waals surface area contributed by atoms with Crippen molar-refractivity contribution in [3.63, 3.8) is 0 Å². The maximum Gasteiger partial charge on any atom is 0.227 e. The molecule has 0 bridgehead atoms. The zero-order valence-electron chi connectivity index (χ0n) is 16.8. The Morgan fingerprint density at radius 3 is 2.63 bits per heavy atom. The second kappa shape index (κ2) is 8.51. The Bertz CT molecular complexity index is 1180. The van der Waals surface area contributed by atoms with Gasteiger partial charge in [-0.25, -0.2) is 4.98 Å². The molecule has 152 valence electrons. The molecular formula is C23H22N4O2S. The second-order valence-electron chi connectivity index (χ2n) is 7.13. The van der Waals surface area contributed by atoms with Gasteiger partial charge in [0.2, 0.25) is 11.8 Å². The van der Waals surface area contributed by atoms with E-state index in [0.29, 0.717) is 5.82 Å². The minimum absolute atomic E-state index is 0.118. The SMILES string of the molecule is CC(=O)NC(CC(=O)Nc1c(-c2cccs2)nc2cc(C)ccn12)c1ccccc1. The average molecular weight is 419 g/mol. The highest BCUT2D eigenvalue weighted by molar-refractivity contribution is 7.13. The summed E-state index contributed by atoms with van der Waals surface area (Å²) in [6, 6.07) is 17.0. The van der Waals surface area contributed by atoms with Crippen molar-refractivity contribution in [1.82, 2.24) is 14.7 Å². The molecule has 1 atom stereocenters. The summed E-state index contributed by atoms with van der Waals surface area (Å²) in [6.07, 6.45) is 2.03.